The van der Waals surface area contributed by atoms with Crippen molar-refractivity contribution in [3.05, 3.63) is 54.0 Å². The lowest BCUT2D eigenvalue weighted by molar-refractivity contribution is -0.121. The molecule has 3 aromatic rings. The molecule has 1 atom stereocenters. The van der Waals surface area contributed by atoms with Crippen LogP contribution in [-0.2, 0) is 18.4 Å². The molecule has 2 aromatic heterocycles. The lowest BCUT2D eigenvalue weighted by Crippen LogP contribution is -2.35. The summed E-state index contributed by atoms with van der Waals surface area (Å²) < 4.78 is 7.27. The Labute approximate surface area is 163 Å². The van der Waals surface area contributed by atoms with Gasteiger partial charge in [0.25, 0.3) is 0 Å². The Hall–Kier alpha value is -2.54. The quantitative estimate of drug-likeness (QED) is 0.627. The Morgan fingerprint density at radius 2 is 1.96 bits per heavy atom. The van der Waals surface area contributed by atoms with E-state index in [9.17, 15) is 4.79 Å². The highest BCUT2D eigenvalue weighted by atomic mass is 32.2. The van der Waals surface area contributed by atoms with Gasteiger partial charge in [0, 0.05) is 13.6 Å². The second-order valence-electron chi connectivity index (χ2n) is 6.74. The van der Waals surface area contributed by atoms with Gasteiger partial charge in [-0.2, -0.15) is 0 Å². The highest BCUT2D eigenvalue weighted by Crippen LogP contribution is 2.30. The van der Waals surface area contributed by atoms with E-state index in [0.29, 0.717) is 11.7 Å². The molecule has 0 aliphatic heterocycles. The molecule has 0 unspecified atom stereocenters. The maximum Gasteiger partial charge on any atom is 0.234 e. The van der Waals surface area contributed by atoms with Crippen molar-refractivity contribution in [3.8, 4) is 11.4 Å². The first kappa shape index (κ1) is 19.2. The highest BCUT2D eigenvalue weighted by Gasteiger charge is 2.26. The summed E-state index contributed by atoms with van der Waals surface area (Å²) in [6.07, 6.45) is 1.64. The van der Waals surface area contributed by atoms with Crippen LogP contribution in [0.15, 0.2) is 52.2 Å². The molecule has 1 aromatic carbocycles. The van der Waals surface area contributed by atoms with Gasteiger partial charge in [-0.05, 0) is 24.5 Å². The number of thioether (sulfide) groups is 1. The predicted molar refractivity (Wildman–Crippen MR) is 106 cm³/mol. The third kappa shape index (κ3) is 4.42. The van der Waals surface area contributed by atoms with Crippen LogP contribution in [0.2, 0.25) is 0 Å². The van der Waals surface area contributed by atoms with Crippen molar-refractivity contribution >= 4 is 17.7 Å². The van der Waals surface area contributed by atoms with Gasteiger partial charge in [-0.15, -0.1) is 10.2 Å². The zero-order chi connectivity index (χ0) is 19.4. The summed E-state index contributed by atoms with van der Waals surface area (Å²) in [5, 5.41) is 12.1. The Morgan fingerprint density at radius 1 is 1.22 bits per heavy atom. The molecule has 27 heavy (non-hydrogen) atoms. The van der Waals surface area contributed by atoms with Crippen molar-refractivity contribution < 1.29 is 9.21 Å². The lowest BCUT2D eigenvalue weighted by Gasteiger charge is -2.19. The second-order valence-corrected chi connectivity index (χ2v) is 7.85. The fraction of sp³-hybridized carbons (Fsp3) is 0.350. The maximum absolute atomic E-state index is 12.8. The molecular weight excluding hydrogens is 360 g/mol. The average molecular weight is 385 g/mol. The summed E-state index contributed by atoms with van der Waals surface area (Å²) >= 11 is 1.44. The van der Waals surface area contributed by atoms with Crippen molar-refractivity contribution in [1.82, 2.24) is 20.1 Å². The molecule has 1 amide bonds. The van der Waals surface area contributed by atoms with Crippen LogP contribution in [0.3, 0.4) is 0 Å². The molecule has 7 heteroatoms. The summed E-state index contributed by atoms with van der Waals surface area (Å²) in [7, 11) is 1.91. The first-order valence-electron chi connectivity index (χ1n) is 8.89. The standard InChI is InChI=1S/C20H24N4O2S/c1-13(2)17(19(25)21-12-15-8-6-5-7-9-15)27-20-23-22-18(24(20)4)16-10-11-26-14(16)3/h5-11,13,17H,12H2,1-4H3,(H,21,25)/t17-/m0/s1. The lowest BCUT2D eigenvalue weighted by atomic mass is 10.1. The van der Waals surface area contributed by atoms with E-state index < -0.39 is 0 Å². The summed E-state index contributed by atoms with van der Waals surface area (Å²) in [4.78, 5) is 12.8. The van der Waals surface area contributed by atoms with Crippen LogP contribution in [0.5, 0.6) is 0 Å². The zero-order valence-electron chi connectivity index (χ0n) is 16.0. The van der Waals surface area contributed by atoms with E-state index in [-0.39, 0.29) is 17.1 Å². The number of amides is 1. The SMILES string of the molecule is Cc1occc1-c1nnc(S[C@H](C(=O)NCc2ccccc2)C(C)C)n1C. The normalized spacial score (nSPS) is 12.3. The van der Waals surface area contributed by atoms with E-state index in [1.807, 2.05) is 68.8 Å². The Balaban J connectivity index is 1.72. The van der Waals surface area contributed by atoms with Gasteiger partial charge in [-0.25, -0.2) is 0 Å². The number of rotatable bonds is 7. The Kier molecular flexibility index (Phi) is 6.01. The molecular formula is C20H24N4O2S. The van der Waals surface area contributed by atoms with Crippen LogP contribution < -0.4 is 5.32 Å². The van der Waals surface area contributed by atoms with E-state index in [4.69, 9.17) is 4.42 Å². The third-order valence-electron chi connectivity index (χ3n) is 4.34. The number of carbonyl (C=O) groups excluding carboxylic acids is 1. The van der Waals surface area contributed by atoms with Gasteiger partial charge in [0.2, 0.25) is 5.91 Å². The number of aryl methyl sites for hydroxylation is 1. The monoisotopic (exact) mass is 384 g/mol. The van der Waals surface area contributed by atoms with Crippen LogP contribution in [-0.4, -0.2) is 25.9 Å². The molecule has 0 saturated heterocycles. The molecule has 0 saturated carbocycles. The number of benzene rings is 1. The fourth-order valence-electron chi connectivity index (χ4n) is 2.76. The number of nitrogens with zero attached hydrogens (tertiary/aromatic N) is 3. The first-order chi connectivity index (χ1) is 13.0. The molecule has 0 fully saturated rings. The number of carbonyl (C=O) groups is 1. The molecule has 0 radical (unpaired) electrons. The second kappa shape index (κ2) is 8.43. The largest absolute Gasteiger partial charge is 0.469 e. The van der Waals surface area contributed by atoms with E-state index in [1.165, 1.54) is 11.8 Å². The fourth-order valence-corrected chi connectivity index (χ4v) is 3.78. The Morgan fingerprint density at radius 3 is 2.59 bits per heavy atom. The number of furan rings is 1. The van der Waals surface area contributed by atoms with Crippen molar-refractivity contribution in [2.75, 3.05) is 0 Å². The zero-order valence-corrected chi connectivity index (χ0v) is 16.8. The average Bonchev–Trinajstić information content (AvgIpc) is 3.23. The summed E-state index contributed by atoms with van der Waals surface area (Å²) in [5.41, 5.74) is 1.99. The van der Waals surface area contributed by atoms with Gasteiger partial charge in [0.1, 0.15) is 5.76 Å². The predicted octanol–water partition coefficient (Wildman–Crippen LogP) is 3.82. The van der Waals surface area contributed by atoms with Crippen LogP contribution in [0, 0.1) is 12.8 Å². The van der Waals surface area contributed by atoms with Gasteiger partial charge >= 0.3 is 0 Å². The maximum atomic E-state index is 12.8. The number of aromatic nitrogens is 3. The summed E-state index contributed by atoms with van der Waals surface area (Å²) in [5.74, 6) is 1.68. The molecule has 0 bridgehead atoms. The molecule has 1 N–H and O–H groups in total. The number of hydrogen-bond donors (Lipinski definition) is 1. The minimum Gasteiger partial charge on any atom is -0.469 e. The first-order valence-corrected chi connectivity index (χ1v) is 9.77. The Bertz CT molecular complexity index is 902. The topological polar surface area (TPSA) is 72.9 Å². The van der Waals surface area contributed by atoms with Crippen LogP contribution in [0.1, 0.15) is 25.2 Å². The van der Waals surface area contributed by atoms with Crippen LogP contribution in [0.4, 0.5) is 0 Å². The summed E-state index contributed by atoms with van der Waals surface area (Å²) in [6, 6.07) is 11.8. The van der Waals surface area contributed by atoms with Crippen molar-refractivity contribution in [2.45, 2.75) is 37.7 Å². The molecule has 6 nitrogen and oxygen atoms in total. The molecule has 3 rings (SSSR count). The van der Waals surface area contributed by atoms with Gasteiger partial charge in [-0.1, -0.05) is 55.9 Å². The van der Waals surface area contributed by atoms with Crippen LogP contribution in [0.25, 0.3) is 11.4 Å². The van der Waals surface area contributed by atoms with E-state index in [1.54, 1.807) is 6.26 Å². The smallest absolute Gasteiger partial charge is 0.234 e. The van der Waals surface area contributed by atoms with Crippen molar-refractivity contribution in [3.63, 3.8) is 0 Å². The number of nitrogens with one attached hydrogen (secondary N) is 1. The van der Waals surface area contributed by atoms with Crippen LogP contribution >= 0.6 is 11.8 Å². The van der Waals surface area contributed by atoms with Gasteiger partial charge in [-0.3, -0.25) is 4.79 Å². The van der Waals surface area contributed by atoms with Crippen molar-refractivity contribution in [1.29, 1.82) is 0 Å². The minimum absolute atomic E-state index is 0.00268. The minimum atomic E-state index is -0.255. The van der Waals surface area contributed by atoms with E-state index in [0.717, 1.165) is 22.7 Å². The summed E-state index contributed by atoms with van der Waals surface area (Å²) in [6.45, 7) is 6.49. The molecule has 0 aliphatic rings. The van der Waals surface area contributed by atoms with E-state index >= 15 is 0 Å². The van der Waals surface area contributed by atoms with E-state index in [2.05, 4.69) is 15.5 Å². The molecule has 0 aliphatic carbocycles. The molecule has 142 valence electrons. The van der Waals surface area contributed by atoms with Gasteiger partial charge in [0.05, 0.1) is 17.1 Å². The number of hydrogen-bond acceptors (Lipinski definition) is 5. The third-order valence-corrected chi connectivity index (χ3v) is 5.92. The van der Waals surface area contributed by atoms with Gasteiger partial charge in [0.15, 0.2) is 11.0 Å². The molecule has 2 heterocycles. The van der Waals surface area contributed by atoms with Crippen molar-refractivity contribution in [2.24, 2.45) is 13.0 Å². The van der Waals surface area contributed by atoms with Gasteiger partial charge < -0.3 is 14.3 Å². The highest BCUT2D eigenvalue weighted by molar-refractivity contribution is 8.00. The molecule has 0 spiro atoms.